The fraction of sp³-hybridized carbons (Fsp3) is 0.762. The van der Waals surface area contributed by atoms with Crippen LogP contribution in [0.15, 0.2) is 15.6 Å². The first kappa shape index (κ1) is 24.9. The molecule has 3 heterocycles. The van der Waals surface area contributed by atoms with Crippen LogP contribution in [0.3, 0.4) is 0 Å². The molecule has 1 amide bonds. The SMILES string of the molecule is CCc1cc(CNC(=NC)N2CCN(CC(=O)N3CC(C)CC(C)C3)CC2)on1.I. The monoisotopic (exact) mass is 532 g/mol. The van der Waals surface area contributed by atoms with Gasteiger partial charge in [0, 0.05) is 52.4 Å². The van der Waals surface area contributed by atoms with Crippen LogP contribution in [-0.4, -0.2) is 84.6 Å². The molecule has 2 fully saturated rings. The quantitative estimate of drug-likeness (QED) is 0.356. The van der Waals surface area contributed by atoms with Crippen LogP contribution in [0.5, 0.6) is 0 Å². The third-order valence-corrected chi connectivity index (χ3v) is 5.85. The van der Waals surface area contributed by atoms with Crippen molar-refractivity contribution in [1.82, 2.24) is 25.2 Å². The van der Waals surface area contributed by atoms with Crippen LogP contribution in [0.1, 0.15) is 38.6 Å². The molecule has 2 saturated heterocycles. The first-order valence-corrected chi connectivity index (χ1v) is 10.9. The highest BCUT2D eigenvalue weighted by atomic mass is 127. The maximum atomic E-state index is 12.7. The summed E-state index contributed by atoms with van der Waals surface area (Å²) in [5.74, 6) is 3.16. The first-order valence-electron chi connectivity index (χ1n) is 10.9. The maximum Gasteiger partial charge on any atom is 0.236 e. The van der Waals surface area contributed by atoms with E-state index in [9.17, 15) is 4.79 Å². The molecular weight excluding hydrogens is 495 g/mol. The zero-order valence-electron chi connectivity index (χ0n) is 18.8. The molecule has 1 aromatic rings. The first-order chi connectivity index (χ1) is 14.0. The van der Waals surface area contributed by atoms with Crippen molar-refractivity contribution in [2.75, 3.05) is 52.9 Å². The van der Waals surface area contributed by atoms with E-state index >= 15 is 0 Å². The number of guanidine groups is 1. The Morgan fingerprint density at radius 2 is 1.87 bits per heavy atom. The highest BCUT2D eigenvalue weighted by molar-refractivity contribution is 14.0. The summed E-state index contributed by atoms with van der Waals surface area (Å²) in [5, 5.41) is 7.38. The molecule has 0 spiro atoms. The highest BCUT2D eigenvalue weighted by Crippen LogP contribution is 2.21. The van der Waals surface area contributed by atoms with Gasteiger partial charge in [-0.25, -0.2) is 0 Å². The van der Waals surface area contributed by atoms with Crippen molar-refractivity contribution in [3.05, 3.63) is 17.5 Å². The summed E-state index contributed by atoms with van der Waals surface area (Å²) in [4.78, 5) is 23.7. The summed E-state index contributed by atoms with van der Waals surface area (Å²) in [6.07, 6.45) is 2.09. The highest BCUT2D eigenvalue weighted by Gasteiger charge is 2.28. The largest absolute Gasteiger partial charge is 0.359 e. The predicted octanol–water partition coefficient (Wildman–Crippen LogP) is 2.05. The second-order valence-corrected chi connectivity index (χ2v) is 8.55. The molecule has 2 unspecified atom stereocenters. The van der Waals surface area contributed by atoms with Crippen LogP contribution in [0, 0.1) is 11.8 Å². The molecule has 2 aliphatic rings. The lowest BCUT2D eigenvalue weighted by atomic mass is 9.92. The Labute approximate surface area is 197 Å². The number of rotatable bonds is 5. The van der Waals surface area contributed by atoms with Crippen LogP contribution in [0.4, 0.5) is 0 Å². The van der Waals surface area contributed by atoms with Crippen LogP contribution >= 0.6 is 24.0 Å². The molecule has 2 aliphatic heterocycles. The molecular formula is C21H37IN6O2. The normalized spacial score (nSPS) is 23.3. The van der Waals surface area contributed by atoms with Crippen molar-refractivity contribution < 1.29 is 9.32 Å². The van der Waals surface area contributed by atoms with Gasteiger partial charge < -0.3 is 19.6 Å². The van der Waals surface area contributed by atoms with E-state index in [2.05, 4.69) is 50.9 Å². The number of amides is 1. The molecule has 2 atom stereocenters. The Hall–Kier alpha value is -1.36. The van der Waals surface area contributed by atoms with E-state index in [4.69, 9.17) is 4.52 Å². The minimum Gasteiger partial charge on any atom is -0.359 e. The number of carbonyl (C=O) groups is 1. The minimum absolute atomic E-state index is 0. The van der Waals surface area contributed by atoms with E-state index in [-0.39, 0.29) is 29.9 Å². The summed E-state index contributed by atoms with van der Waals surface area (Å²) in [6.45, 7) is 12.9. The summed E-state index contributed by atoms with van der Waals surface area (Å²) in [6, 6.07) is 1.98. The van der Waals surface area contributed by atoms with E-state index in [0.29, 0.717) is 24.9 Å². The molecule has 1 N–H and O–H groups in total. The third kappa shape index (κ3) is 6.83. The van der Waals surface area contributed by atoms with E-state index in [0.717, 1.165) is 63.1 Å². The Morgan fingerprint density at radius 1 is 1.20 bits per heavy atom. The van der Waals surface area contributed by atoms with Crippen molar-refractivity contribution in [2.24, 2.45) is 16.8 Å². The number of aromatic nitrogens is 1. The fourth-order valence-corrected chi connectivity index (χ4v) is 4.38. The van der Waals surface area contributed by atoms with Gasteiger partial charge in [0.25, 0.3) is 0 Å². The number of halogens is 1. The van der Waals surface area contributed by atoms with Crippen LogP contribution in [0.25, 0.3) is 0 Å². The van der Waals surface area contributed by atoms with Gasteiger partial charge in [-0.05, 0) is 24.7 Å². The smallest absolute Gasteiger partial charge is 0.236 e. The molecule has 170 valence electrons. The van der Waals surface area contributed by atoms with Gasteiger partial charge in [0.15, 0.2) is 11.7 Å². The summed E-state index contributed by atoms with van der Waals surface area (Å²) >= 11 is 0. The number of aryl methyl sites for hydroxylation is 1. The maximum absolute atomic E-state index is 12.7. The molecule has 3 rings (SSSR count). The number of carbonyl (C=O) groups excluding carboxylic acids is 1. The topological polar surface area (TPSA) is 77.2 Å². The number of likely N-dealkylation sites (tertiary alicyclic amines) is 1. The lowest BCUT2D eigenvalue weighted by molar-refractivity contribution is -0.135. The zero-order chi connectivity index (χ0) is 20.8. The molecule has 0 radical (unpaired) electrons. The number of piperidine rings is 1. The Balaban J connectivity index is 0.00000320. The molecule has 1 aromatic heterocycles. The Bertz CT molecular complexity index is 691. The Kier molecular flexibility index (Phi) is 9.86. The average Bonchev–Trinajstić information content (AvgIpc) is 3.17. The number of aliphatic imine (C=N–C) groups is 1. The second-order valence-electron chi connectivity index (χ2n) is 8.55. The van der Waals surface area contributed by atoms with E-state index in [1.165, 1.54) is 6.42 Å². The molecule has 8 nitrogen and oxygen atoms in total. The number of nitrogens with zero attached hydrogens (tertiary/aromatic N) is 5. The number of nitrogens with one attached hydrogen (secondary N) is 1. The van der Waals surface area contributed by atoms with Crippen molar-refractivity contribution in [3.63, 3.8) is 0 Å². The number of hydrogen-bond acceptors (Lipinski definition) is 5. The van der Waals surface area contributed by atoms with E-state index in [1.807, 2.05) is 6.07 Å². The molecule has 0 aliphatic carbocycles. The van der Waals surface area contributed by atoms with Gasteiger partial charge in [-0.3, -0.25) is 14.7 Å². The lowest BCUT2D eigenvalue weighted by Gasteiger charge is -2.39. The van der Waals surface area contributed by atoms with Crippen molar-refractivity contribution >= 4 is 35.8 Å². The fourth-order valence-electron chi connectivity index (χ4n) is 4.38. The van der Waals surface area contributed by atoms with Gasteiger partial charge in [0.05, 0.1) is 18.8 Å². The summed E-state index contributed by atoms with van der Waals surface area (Å²) in [5.41, 5.74) is 0.965. The van der Waals surface area contributed by atoms with Gasteiger partial charge in [-0.2, -0.15) is 0 Å². The van der Waals surface area contributed by atoms with Crippen LogP contribution < -0.4 is 5.32 Å². The van der Waals surface area contributed by atoms with Crippen molar-refractivity contribution in [1.29, 1.82) is 0 Å². The van der Waals surface area contributed by atoms with Crippen LogP contribution in [-0.2, 0) is 17.8 Å². The predicted molar refractivity (Wildman–Crippen MR) is 129 cm³/mol. The molecule has 0 saturated carbocycles. The van der Waals surface area contributed by atoms with Crippen LogP contribution in [0.2, 0.25) is 0 Å². The third-order valence-electron chi connectivity index (χ3n) is 5.85. The average molecular weight is 532 g/mol. The van der Waals surface area contributed by atoms with Gasteiger partial charge in [0.2, 0.25) is 5.91 Å². The van der Waals surface area contributed by atoms with E-state index < -0.39 is 0 Å². The number of hydrogen-bond donors (Lipinski definition) is 1. The molecule has 0 aromatic carbocycles. The zero-order valence-corrected chi connectivity index (χ0v) is 21.1. The van der Waals surface area contributed by atoms with E-state index in [1.54, 1.807) is 7.05 Å². The second kappa shape index (κ2) is 11.9. The van der Waals surface area contributed by atoms with Crippen molar-refractivity contribution in [3.8, 4) is 0 Å². The Morgan fingerprint density at radius 3 is 2.43 bits per heavy atom. The lowest BCUT2D eigenvalue weighted by Crippen LogP contribution is -2.55. The number of piperazine rings is 1. The summed E-state index contributed by atoms with van der Waals surface area (Å²) in [7, 11) is 1.80. The van der Waals surface area contributed by atoms with Gasteiger partial charge in [0.1, 0.15) is 0 Å². The molecule has 30 heavy (non-hydrogen) atoms. The molecule has 0 bridgehead atoms. The van der Waals surface area contributed by atoms with Gasteiger partial charge >= 0.3 is 0 Å². The van der Waals surface area contributed by atoms with Crippen molar-refractivity contribution in [2.45, 2.75) is 40.2 Å². The molecule has 9 heteroatoms. The summed E-state index contributed by atoms with van der Waals surface area (Å²) < 4.78 is 5.33. The minimum atomic E-state index is 0. The van der Waals surface area contributed by atoms with Gasteiger partial charge in [-0.15, -0.1) is 24.0 Å². The van der Waals surface area contributed by atoms with Gasteiger partial charge in [-0.1, -0.05) is 25.9 Å². The standard InChI is InChI=1S/C21H36N6O2.HI/c1-5-18-11-19(29-24-18)12-23-21(22-4)26-8-6-25(7-9-26)15-20(28)27-13-16(2)10-17(3)14-27;/h11,16-17H,5-10,12-15H2,1-4H3,(H,22,23);1H.